The van der Waals surface area contributed by atoms with E-state index in [2.05, 4.69) is 0 Å². The highest BCUT2D eigenvalue weighted by Gasteiger charge is 2.35. The molecule has 0 aromatic heterocycles. The molecule has 0 aliphatic heterocycles. The summed E-state index contributed by atoms with van der Waals surface area (Å²) >= 11 is 0. The van der Waals surface area contributed by atoms with Crippen molar-refractivity contribution < 1.29 is 83.8 Å². The lowest BCUT2D eigenvalue weighted by atomic mass is 10.1. The number of aliphatic hydroxyl groups is 3. The number of nitrogens with one attached hydrogen (secondary N) is 2. The van der Waals surface area contributed by atoms with Crippen molar-refractivity contribution in [3.8, 4) is 11.5 Å². The summed E-state index contributed by atoms with van der Waals surface area (Å²) in [6.07, 6.45) is -2.36. The molecule has 0 radical (unpaired) electrons. The topological polar surface area (TPSA) is 305 Å². The van der Waals surface area contributed by atoms with E-state index >= 15 is 0 Å². The molecule has 0 bridgehead atoms. The number of rotatable bonds is 17. The van der Waals surface area contributed by atoms with Crippen molar-refractivity contribution in [1.29, 1.82) is 0 Å². The van der Waals surface area contributed by atoms with Gasteiger partial charge in [-0.05, 0) is 48.2 Å². The van der Waals surface area contributed by atoms with Crippen molar-refractivity contribution in [2.45, 2.75) is 45.2 Å². The van der Waals surface area contributed by atoms with E-state index in [0.29, 0.717) is 16.7 Å². The van der Waals surface area contributed by atoms with Crippen LogP contribution in [0.2, 0.25) is 0 Å². The summed E-state index contributed by atoms with van der Waals surface area (Å²) in [5.74, 6) is -3.11. The normalized spacial score (nSPS) is 13.8. The first kappa shape index (κ1) is 39.1. The Morgan fingerprint density at radius 2 is 1.25 bits per heavy atom. The number of phenolic OH excluding ortho intramolecular Hbond substituents is 2. The molecule has 0 amide bonds. The van der Waals surface area contributed by atoms with E-state index < -0.39 is 65.2 Å². The summed E-state index contributed by atoms with van der Waals surface area (Å²) < 4.78 is 23.7. The minimum absolute atomic E-state index is 0.0897. The van der Waals surface area contributed by atoms with Gasteiger partial charge in [0.05, 0.1) is 13.2 Å². The molecule has 0 aliphatic carbocycles. The third-order valence-corrected chi connectivity index (χ3v) is 7.90. The Balaban J connectivity index is 0.00000106. The molecule has 2 aromatic carbocycles. The molecule has 11 N–H and O–H groups in total. The fourth-order valence-electron chi connectivity index (χ4n) is 4.22. The van der Waals surface area contributed by atoms with Crippen LogP contribution in [-0.2, 0) is 45.0 Å². The summed E-state index contributed by atoms with van der Waals surface area (Å²) in [4.78, 5) is 57.9. The molecule has 2 rings (SSSR count). The summed E-state index contributed by atoms with van der Waals surface area (Å²) in [7, 11) is -9.22. The first-order chi connectivity index (χ1) is 20.4. The number of aliphatic hydroxyl groups excluding tert-OH is 3. The van der Waals surface area contributed by atoms with Gasteiger partial charge in [-0.3, -0.25) is 9.13 Å². The predicted molar refractivity (Wildman–Crippen MR) is 146 cm³/mol. The van der Waals surface area contributed by atoms with E-state index in [4.69, 9.17) is 0 Å². The SMILES string of the molecule is O=C([O-])CCC(=O)[O-].O=P(O)(O)C[NH+](Cc1ccc(CO)cc1O)CC(CO)[NH+](Cc1cc(CO)ccc1O)CP(=O)(O)O. The lowest BCUT2D eigenvalue weighted by Crippen LogP contribution is -3.22. The van der Waals surface area contributed by atoms with Gasteiger partial charge in [0.15, 0.2) is 18.6 Å². The smallest absolute Gasteiger partial charge is 0.379 e. The van der Waals surface area contributed by atoms with E-state index in [1.54, 1.807) is 0 Å². The van der Waals surface area contributed by atoms with Crippen LogP contribution in [0.15, 0.2) is 36.4 Å². The molecular formula is C25H38N2O15P2. The molecule has 17 nitrogen and oxygen atoms in total. The van der Waals surface area contributed by atoms with Crippen LogP contribution < -0.4 is 20.0 Å². The van der Waals surface area contributed by atoms with Crippen molar-refractivity contribution in [2.75, 3.05) is 25.7 Å². The van der Waals surface area contributed by atoms with Crippen LogP contribution in [0.25, 0.3) is 0 Å². The third kappa shape index (κ3) is 15.7. The highest BCUT2D eigenvalue weighted by atomic mass is 31.2. The van der Waals surface area contributed by atoms with E-state index in [0.717, 1.165) is 0 Å². The first-order valence-electron chi connectivity index (χ1n) is 13.0. The van der Waals surface area contributed by atoms with Crippen LogP contribution >= 0.6 is 15.2 Å². The number of carboxylic acid groups (broad SMARTS) is 2. The fourth-order valence-corrected chi connectivity index (χ4v) is 5.94. The van der Waals surface area contributed by atoms with E-state index in [1.165, 1.54) is 36.4 Å². The van der Waals surface area contributed by atoms with Gasteiger partial charge in [0, 0.05) is 23.1 Å². The Bertz CT molecular complexity index is 1320. The largest absolute Gasteiger partial charge is 0.550 e. The van der Waals surface area contributed by atoms with E-state index in [1.807, 2.05) is 0 Å². The number of benzene rings is 2. The quantitative estimate of drug-likeness (QED) is 0.0701. The molecule has 0 saturated heterocycles. The Hall–Kier alpha value is -2.92. The Morgan fingerprint density at radius 3 is 1.70 bits per heavy atom. The Morgan fingerprint density at radius 1 is 0.727 bits per heavy atom. The fraction of sp³-hybridized carbons (Fsp3) is 0.440. The lowest BCUT2D eigenvalue weighted by molar-refractivity contribution is -0.980. The summed E-state index contributed by atoms with van der Waals surface area (Å²) in [5, 5.41) is 68.2. The second kappa shape index (κ2) is 18.1. The maximum atomic E-state index is 11.9. The predicted octanol–water partition coefficient (Wildman–Crippen LogP) is -5.55. The first-order valence-corrected chi connectivity index (χ1v) is 16.6. The van der Waals surface area contributed by atoms with Gasteiger partial charge < -0.3 is 74.7 Å². The number of phenols is 2. The molecule has 2 aromatic rings. The average molecular weight is 669 g/mol. The molecule has 19 heteroatoms. The Kier molecular flexibility index (Phi) is 16.1. The van der Waals surface area contributed by atoms with E-state index in [9.17, 15) is 74.0 Å². The third-order valence-electron chi connectivity index (χ3n) is 6.22. The molecule has 0 aliphatic rings. The molecule has 3 atom stereocenters. The monoisotopic (exact) mass is 668 g/mol. The molecule has 248 valence electrons. The zero-order valence-electron chi connectivity index (χ0n) is 23.5. The number of carboxylic acids is 2. The van der Waals surface area contributed by atoms with Gasteiger partial charge in [-0.15, -0.1) is 0 Å². The van der Waals surface area contributed by atoms with Gasteiger partial charge in [-0.1, -0.05) is 12.1 Å². The zero-order valence-corrected chi connectivity index (χ0v) is 25.3. The summed E-state index contributed by atoms with van der Waals surface area (Å²) in [6.45, 7) is -1.65. The highest BCUT2D eigenvalue weighted by Crippen LogP contribution is 2.32. The minimum Gasteiger partial charge on any atom is -0.550 e. The van der Waals surface area contributed by atoms with Gasteiger partial charge >= 0.3 is 15.2 Å². The molecule has 0 saturated carbocycles. The summed E-state index contributed by atoms with van der Waals surface area (Å²) in [6, 6.07) is 7.68. The average Bonchev–Trinajstić information content (AvgIpc) is 2.91. The number of aromatic hydroxyl groups is 2. The molecule has 0 fully saturated rings. The number of hydrogen-bond acceptors (Lipinski definition) is 11. The second-order valence-electron chi connectivity index (χ2n) is 9.98. The Labute approximate surface area is 252 Å². The van der Waals surface area contributed by atoms with Crippen LogP contribution in [0, 0.1) is 0 Å². The van der Waals surface area contributed by atoms with Crippen molar-refractivity contribution in [1.82, 2.24) is 0 Å². The molecule has 0 heterocycles. The summed E-state index contributed by atoms with van der Waals surface area (Å²) in [5.41, 5.74) is 1.46. The van der Waals surface area contributed by atoms with Crippen LogP contribution in [0.1, 0.15) is 35.1 Å². The van der Waals surface area contributed by atoms with Crippen LogP contribution in [0.5, 0.6) is 11.5 Å². The number of carbonyl (C=O) groups excluding carboxylic acids is 2. The molecule has 0 spiro atoms. The number of quaternary nitrogens is 2. The standard InChI is InChI=1S/C21H32N2O11P2.C4H6O4/c24-10-15-2-4-20(27)18(5-15)8-23(14-36(32,33)34)19(12-26)9-22(13-35(29,30)31)7-17-3-1-16(11-25)6-21(17)28;5-3(6)1-2-4(7)8/h1-6,19,24-28H,7-14H2,(H2,29,30,31)(H2,32,33,34);1-2H2,(H,5,6)(H,7,8). The van der Waals surface area contributed by atoms with Crippen molar-refractivity contribution in [3.63, 3.8) is 0 Å². The minimum atomic E-state index is -4.63. The maximum absolute atomic E-state index is 11.9. The highest BCUT2D eigenvalue weighted by molar-refractivity contribution is 7.51. The lowest BCUT2D eigenvalue weighted by Gasteiger charge is -2.31. The van der Waals surface area contributed by atoms with Gasteiger partial charge in [-0.2, -0.15) is 0 Å². The van der Waals surface area contributed by atoms with Crippen LogP contribution in [0.3, 0.4) is 0 Å². The van der Waals surface area contributed by atoms with Crippen LogP contribution in [-0.4, -0.2) is 88.8 Å². The second-order valence-corrected chi connectivity index (χ2v) is 13.3. The van der Waals surface area contributed by atoms with Gasteiger partial charge in [0.2, 0.25) is 0 Å². The van der Waals surface area contributed by atoms with Crippen molar-refractivity contribution >= 4 is 27.1 Å². The molecule has 3 unspecified atom stereocenters. The van der Waals surface area contributed by atoms with Crippen LogP contribution in [0.4, 0.5) is 0 Å². The number of aliphatic carboxylic acids is 2. The van der Waals surface area contributed by atoms with Gasteiger partial charge in [0.25, 0.3) is 0 Å². The zero-order chi connectivity index (χ0) is 33.7. The van der Waals surface area contributed by atoms with Gasteiger partial charge in [0.1, 0.15) is 37.7 Å². The van der Waals surface area contributed by atoms with Crippen molar-refractivity contribution in [3.05, 3.63) is 58.7 Å². The number of carbonyl (C=O) groups is 2. The van der Waals surface area contributed by atoms with Gasteiger partial charge in [-0.25, -0.2) is 0 Å². The number of hydrogen-bond donors (Lipinski definition) is 11. The van der Waals surface area contributed by atoms with E-state index in [-0.39, 0.29) is 59.7 Å². The molecule has 44 heavy (non-hydrogen) atoms. The molecular weight excluding hydrogens is 630 g/mol. The maximum Gasteiger partial charge on any atom is 0.379 e. The van der Waals surface area contributed by atoms with Crippen molar-refractivity contribution in [2.24, 2.45) is 0 Å².